The quantitative estimate of drug-likeness (QED) is 0.587. The number of hydrogen-bond donors (Lipinski definition) is 2. The van der Waals surface area contributed by atoms with Gasteiger partial charge in [-0.1, -0.05) is 30.3 Å². The lowest BCUT2D eigenvalue weighted by atomic mass is 10.1. The van der Waals surface area contributed by atoms with Crippen molar-refractivity contribution in [2.24, 2.45) is 5.92 Å². The van der Waals surface area contributed by atoms with Crippen molar-refractivity contribution >= 4 is 29.4 Å². The van der Waals surface area contributed by atoms with Gasteiger partial charge in [-0.25, -0.2) is 0 Å². The fourth-order valence-corrected chi connectivity index (χ4v) is 2.99. The predicted octanol–water partition coefficient (Wildman–Crippen LogP) is 1.35. The molecule has 0 radical (unpaired) electrons. The number of ether oxygens (including phenoxy) is 1. The van der Waals surface area contributed by atoms with E-state index in [4.69, 9.17) is 4.74 Å². The molecule has 150 valence electrons. The minimum atomic E-state index is -0.678. The smallest absolute Gasteiger partial charge is 0.311 e. The average molecular weight is 395 g/mol. The Kier molecular flexibility index (Phi) is 6.23. The third-order valence-electron chi connectivity index (χ3n) is 4.47. The molecule has 2 aromatic carbocycles. The van der Waals surface area contributed by atoms with Gasteiger partial charge in [-0.15, -0.1) is 0 Å². The van der Waals surface area contributed by atoms with Crippen LogP contribution in [0.1, 0.15) is 22.3 Å². The van der Waals surface area contributed by atoms with Crippen LogP contribution >= 0.6 is 0 Å². The van der Waals surface area contributed by atoms with Gasteiger partial charge in [0, 0.05) is 24.2 Å². The molecule has 0 aromatic heterocycles. The Labute approximate surface area is 167 Å². The summed E-state index contributed by atoms with van der Waals surface area (Å²) >= 11 is 0. The maximum absolute atomic E-state index is 12.2. The van der Waals surface area contributed by atoms with E-state index in [-0.39, 0.29) is 18.9 Å². The molecule has 0 spiro atoms. The maximum atomic E-state index is 12.2. The molecule has 29 heavy (non-hydrogen) atoms. The fourth-order valence-electron chi connectivity index (χ4n) is 2.99. The molecular weight excluding hydrogens is 374 g/mol. The summed E-state index contributed by atoms with van der Waals surface area (Å²) in [6.45, 7) is 1.57. The summed E-state index contributed by atoms with van der Waals surface area (Å²) in [6.07, 6.45) is 0.0269. The largest absolute Gasteiger partial charge is 0.455 e. The number of nitrogens with one attached hydrogen (secondary N) is 2. The molecule has 1 aliphatic rings. The standard InChI is InChI=1S/C21H21N3O5/c1-14-6-5-9-17(10-14)24-12-16(11-19(24)26)21(28)29-13-18(25)22-23-20(27)15-7-3-2-4-8-15/h2-10,16H,11-13H2,1H3,(H,22,25)(H,23,27)/t16-/m0/s1. The topological polar surface area (TPSA) is 105 Å². The van der Waals surface area contributed by atoms with Crippen molar-refractivity contribution in [2.45, 2.75) is 13.3 Å². The zero-order valence-electron chi connectivity index (χ0n) is 15.9. The number of benzene rings is 2. The van der Waals surface area contributed by atoms with E-state index in [0.29, 0.717) is 5.56 Å². The number of carbonyl (C=O) groups excluding carboxylic acids is 4. The lowest BCUT2D eigenvalue weighted by molar-refractivity contribution is -0.152. The van der Waals surface area contributed by atoms with Crippen molar-refractivity contribution in [1.82, 2.24) is 10.9 Å². The van der Waals surface area contributed by atoms with Crippen LogP contribution in [-0.2, 0) is 19.1 Å². The Morgan fingerprint density at radius 1 is 1.07 bits per heavy atom. The molecule has 8 heteroatoms. The van der Waals surface area contributed by atoms with Gasteiger partial charge in [-0.05, 0) is 36.8 Å². The van der Waals surface area contributed by atoms with Gasteiger partial charge in [0.05, 0.1) is 5.92 Å². The van der Waals surface area contributed by atoms with Crippen molar-refractivity contribution in [1.29, 1.82) is 0 Å². The molecule has 0 saturated carbocycles. The number of nitrogens with zero attached hydrogens (tertiary/aromatic N) is 1. The molecule has 3 rings (SSSR count). The Hall–Kier alpha value is -3.68. The molecule has 0 aliphatic carbocycles. The maximum Gasteiger partial charge on any atom is 0.311 e. The third kappa shape index (κ3) is 5.19. The highest BCUT2D eigenvalue weighted by atomic mass is 16.5. The average Bonchev–Trinajstić information content (AvgIpc) is 3.12. The zero-order chi connectivity index (χ0) is 20.8. The Balaban J connectivity index is 1.45. The van der Waals surface area contributed by atoms with E-state index < -0.39 is 30.3 Å². The minimum absolute atomic E-state index is 0.0269. The van der Waals surface area contributed by atoms with E-state index >= 15 is 0 Å². The lowest BCUT2D eigenvalue weighted by Gasteiger charge is -2.17. The predicted molar refractivity (Wildman–Crippen MR) is 105 cm³/mol. The summed E-state index contributed by atoms with van der Waals surface area (Å²) in [5.41, 5.74) is 6.54. The normalized spacial score (nSPS) is 15.7. The van der Waals surface area contributed by atoms with Crippen LogP contribution in [0.25, 0.3) is 0 Å². The molecule has 1 fully saturated rings. The first-order chi connectivity index (χ1) is 13.9. The first-order valence-electron chi connectivity index (χ1n) is 9.12. The Bertz CT molecular complexity index is 929. The minimum Gasteiger partial charge on any atom is -0.455 e. The summed E-state index contributed by atoms with van der Waals surface area (Å²) in [7, 11) is 0. The van der Waals surface area contributed by atoms with Crippen LogP contribution in [0.3, 0.4) is 0 Å². The van der Waals surface area contributed by atoms with E-state index in [0.717, 1.165) is 11.3 Å². The fraction of sp³-hybridized carbons (Fsp3) is 0.238. The highest BCUT2D eigenvalue weighted by Crippen LogP contribution is 2.26. The van der Waals surface area contributed by atoms with Crippen molar-refractivity contribution < 1.29 is 23.9 Å². The van der Waals surface area contributed by atoms with Crippen LogP contribution in [0.15, 0.2) is 54.6 Å². The van der Waals surface area contributed by atoms with Gasteiger partial charge in [0.2, 0.25) is 5.91 Å². The van der Waals surface area contributed by atoms with Crippen LogP contribution in [-0.4, -0.2) is 36.8 Å². The summed E-state index contributed by atoms with van der Waals surface area (Å²) in [6, 6.07) is 15.8. The number of carbonyl (C=O) groups is 4. The first kappa shape index (κ1) is 20.1. The Morgan fingerprint density at radius 3 is 2.55 bits per heavy atom. The number of rotatable bonds is 5. The molecule has 0 unspecified atom stereocenters. The van der Waals surface area contributed by atoms with Gasteiger partial charge in [0.25, 0.3) is 11.8 Å². The molecule has 1 heterocycles. The summed E-state index contributed by atoms with van der Waals surface area (Å²) < 4.78 is 5.00. The monoisotopic (exact) mass is 395 g/mol. The number of hydrogen-bond acceptors (Lipinski definition) is 5. The van der Waals surface area contributed by atoms with Gasteiger partial charge in [0.15, 0.2) is 6.61 Å². The van der Waals surface area contributed by atoms with E-state index in [1.807, 2.05) is 31.2 Å². The van der Waals surface area contributed by atoms with E-state index in [9.17, 15) is 19.2 Å². The summed E-state index contributed by atoms with van der Waals surface area (Å²) in [4.78, 5) is 49.7. The number of hydrazine groups is 1. The van der Waals surface area contributed by atoms with Crippen molar-refractivity contribution in [2.75, 3.05) is 18.1 Å². The van der Waals surface area contributed by atoms with E-state index in [2.05, 4.69) is 10.9 Å². The second-order valence-electron chi connectivity index (χ2n) is 6.72. The van der Waals surface area contributed by atoms with Crippen LogP contribution in [0.5, 0.6) is 0 Å². The van der Waals surface area contributed by atoms with Crippen molar-refractivity contribution in [3.8, 4) is 0 Å². The number of anilines is 1. The highest BCUT2D eigenvalue weighted by molar-refractivity contribution is 6.00. The number of aryl methyl sites for hydroxylation is 1. The second kappa shape index (κ2) is 9.01. The summed E-state index contributed by atoms with van der Waals surface area (Å²) in [5, 5.41) is 0. The van der Waals surface area contributed by atoms with Gasteiger partial charge in [-0.3, -0.25) is 30.0 Å². The van der Waals surface area contributed by atoms with E-state index in [1.54, 1.807) is 35.2 Å². The molecule has 2 N–H and O–H groups in total. The van der Waals surface area contributed by atoms with Gasteiger partial charge < -0.3 is 9.64 Å². The lowest BCUT2D eigenvalue weighted by Crippen LogP contribution is -2.43. The van der Waals surface area contributed by atoms with Crippen LogP contribution in [0.4, 0.5) is 5.69 Å². The first-order valence-corrected chi connectivity index (χ1v) is 9.12. The van der Waals surface area contributed by atoms with Gasteiger partial charge in [-0.2, -0.15) is 0 Å². The molecule has 1 atom stereocenters. The van der Waals surface area contributed by atoms with Gasteiger partial charge in [0.1, 0.15) is 0 Å². The molecule has 2 aromatic rings. The molecular formula is C21H21N3O5. The van der Waals surface area contributed by atoms with Gasteiger partial charge >= 0.3 is 5.97 Å². The highest BCUT2D eigenvalue weighted by Gasteiger charge is 2.36. The van der Waals surface area contributed by atoms with Crippen LogP contribution in [0, 0.1) is 12.8 Å². The number of amides is 3. The van der Waals surface area contributed by atoms with Crippen molar-refractivity contribution in [3.05, 3.63) is 65.7 Å². The number of esters is 1. The zero-order valence-corrected chi connectivity index (χ0v) is 15.9. The Morgan fingerprint density at radius 2 is 1.83 bits per heavy atom. The van der Waals surface area contributed by atoms with E-state index in [1.165, 1.54) is 0 Å². The van der Waals surface area contributed by atoms with Crippen LogP contribution < -0.4 is 15.8 Å². The third-order valence-corrected chi connectivity index (χ3v) is 4.47. The molecule has 3 amide bonds. The summed E-state index contributed by atoms with van der Waals surface area (Å²) in [5.74, 6) is -2.60. The molecule has 8 nitrogen and oxygen atoms in total. The molecule has 1 aliphatic heterocycles. The van der Waals surface area contributed by atoms with Crippen LogP contribution in [0.2, 0.25) is 0 Å². The molecule has 1 saturated heterocycles. The SMILES string of the molecule is Cc1cccc(N2C[C@@H](C(=O)OCC(=O)NNC(=O)c3ccccc3)CC2=O)c1. The molecule has 0 bridgehead atoms. The van der Waals surface area contributed by atoms with Crippen molar-refractivity contribution in [3.63, 3.8) is 0 Å². The second-order valence-corrected chi connectivity index (χ2v) is 6.72.